The molecule has 102 valence electrons. The van der Waals surface area contributed by atoms with Crippen LogP contribution in [0.25, 0.3) is 0 Å². The first-order chi connectivity index (χ1) is 9.08. The first-order valence-electron chi connectivity index (χ1n) is 5.77. The van der Waals surface area contributed by atoms with Gasteiger partial charge in [-0.05, 0) is 6.07 Å². The minimum atomic E-state index is -3.20. The summed E-state index contributed by atoms with van der Waals surface area (Å²) in [6, 6.07) is 3.22. The zero-order valence-corrected chi connectivity index (χ0v) is 9.82. The van der Waals surface area contributed by atoms with Crippen molar-refractivity contribution in [2.24, 2.45) is 0 Å². The molecule has 1 saturated heterocycles. The third-order valence-corrected chi connectivity index (χ3v) is 2.99. The molecule has 0 unspecified atom stereocenters. The molecule has 0 radical (unpaired) electrons. The Morgan fingerprint density at radius 2 is 2.00 bits per heavy atom. The van der Waals surface area contributed by atoms with Crippen molar-refractivity contribution in [3.05, 3.63) is 23.8 Å². The summed E-state index contributed by atoms with van der Waals surface area (Å²) in [5.74, 6) is -2.55. The summed E-state index contributed by atoms with van der Waals surface area (Å²) < 4.78 is 42.8. The molecule has 1 N–H and O–H groups in total. The SMILES string of the molecule is O=C1N[C@H](c2cccc3c2OCCO3)C(F)(F)CO1. The summed E-state index contributed by atoms with van der Waals surface area (Å²) >= 11 is 0. The number of para-hydroxylation sites is 1. The van der Waals surface area contributed by atoms with Crippen molar-refractivity contribution in [3.8, 4) is 11.5 Å². The number of ether oxygens (including phenoxy) is 3. The van der Waals surface area contributed by atoms with Gasteiger partial charge in [-0.25, -0.2) is 13.6 Å². The Morgan fingerprint density at radius 3 is 2.84 bits per heavy atom. The highest BCUT2D eigenvalue weighted by molar-refractivity contribution is 5.70. The van der Waals surface area contributed by atoms with E-state index in [-0.39, 0.29) is 17.9 Å². The van der Waals surface area contributed by atoms with Crippen molar-refractivity contribution in [1.29, 1.82) is 0 Å². The van der Waals surface area contributed by atoms with Crippen LogP contribution in [0, 0.1) is 0 Å². The van der Waals surface area contributed by atoms with E-state index in [0.717, 1.165) is 0 Å². The molecule has 0 saturated carbocycles. The summed E-state index contributed by atoms with van der Waals surface area (Å²) in [6.07, 6.45) is -0.870. The van der Waals surface area contributed by atoms with Gasteiger partial charge < -0.3 is 19.5 Å². The summed E-state index contributed by atoms with van der Waals surface area (Å²) in [7, 11) is 0. The highest BCUT2D eigenvalue weighted by Crippen LogP contribution is 2.43. The molecule has 19 heavy (non-hydrogen) atoms. The zero-order valence-electron chi connectivity index (χ0n) is 9.82. The van der Waals surface area contributed by atoms with Gasteiger partial charge in [0, 0.05) is 5.56 Å². The van der Waals surface area contributed by atoms with E-state index in [9.17, 15) is 13.6 Å². The van der Waals surface area contributed by atoms with Gasteiger partial charge in [0.2, 0.25) is 0 Å². The van der Waals surface area contributed by atoms with Gasteiger partial charge in [0.1, 0.15) is 19.3 Å². The number of fused-ring (bicyclic) bond motifs is 1. The van der Waals surface area contributed by atoms with Crippen molar-refractivity contribution in [2.45, 2.75) is 12.0 Å². The summed E-state index contributed by atoms with van der Waals surface area (Å²) in [5, 5.41) is 2.13. The molecule has 7 heteroatoms. The van der Waals surface area contributed by atoms with Crippen LogP contribution >= 0.6 is 0 Å². The van der Waals surface area contributed by atoms with E-state index in [0.29, 0.717) is 12.4 Å². The number of alkyl halides is 2. The molecule has 1 amide bonds. The van der Waals surface area contributed by atoms with E-state index in [1.165, 1.54) is 6.07 Å². The number of rotatable bonds is 1. The second-order valence-electron chi connectivity index (χ2n) is 4.29. The van der Waals surface area contributed by atoms with Crippen molar-refractivity contribution in [1.82, 2.24) is 5.32 Å². The van der Waals surface area contributed by atoms with Gasteiger partial charge >= 0.3 is 12.0 Å². The third-order valence-electron chi connectivity index (χ3n) is 2.99. The van der Waals surface area contributed by atoms with Crippen LogP contribution in [0.1, 0.15) is 11.6 Å². The monoisotopic (exact) mass is 271 g/mol. The van der Waals surface area contributed by atoms with Crippen LogP contribution in [0.15, 0.2) is 18.2 Å². The molecule has 1 aromatic carbocycles. The summed E-state index contributed by atoms with van der Waals surface area (Å²) in [4.78, 5) is 11.2. The van der Waals surface area contributed by atoms with E-state index < -0.39 is 24.7 Å². The van der Waals surface area contributed by atoms with Crippen LogP contribution in [0.3, 0.4) is 0 Å². The number of cyclic esters (lactones) is 1. The second-order valence-corrected chi connectivity index (χ2v) is 4.29. The van der Waals surface area contributed by atoms with Gasteiger partial charge in [-0.2, -0.15) is 0 Å². The smallest absolute Gasteiger partial charge is 0.408 e. The highest BCUT2D eigenvalue weighted by Gasteiger charge is 2.48. The average molecular weight is 271 g/mol. The van der Waals surface area contributed by atoms with E-state index in [2.05, 4.69) is 10.1 Å². The zero-order chi connectivity index (χ0) is 13.5. The number of halogens is 2. The van der Waals surface area contributed by atoms with Gasteiger partial charge in [0.25, 0.3) is 0 Å². The predicted molar refractivity (Wildman–Crippen MR) is 59.6 cm³/mol. The van der Waals surface area contributed by atoms with Gasteiger partial charge in [0.05, 0.1) is 0 Å². The standard InChI is InChI=1S/C12H11F2NO4/c13-12(14)6-19-11(16)15-10(12)7-2-1-3-8-9(7)18-5-4-17-8/h1-3,10H,4-6H2,(H,15,16)/t10-/m1/s1. The minimum Gasteiger partial charge on any atom is -0.486 e. The normalized spacial score (nSPS) is 24.3. The van der Waals surface area contributed by atoms with Crippen LogP contribution in [0.5, 0.6) is 11.5 Å². The van der Waals surface area contributed by atoms with Crippen molar-refractivity contribution in [3.63, 3.8) is 0 Å². The Balaban J connectivity index is 2.03. The first kappa shape index (κ1) is 12.0. The number of benzene rings is 1. The van der Waals surface area contributed by atoms with Gasteiger partial charge in [-0.1, -0.05) is 12.1 Å². The molecule has 2 heterocycles. The average Bonchev–Trinajstić information content (AvgIpc) is 2.41. The quantitative estimate of drug-likeness (QED) is 0.847. The predicted octanol–water partition coefficient (Wildman–Crippen LogP) is 1.87. The maximum atomic E-state index is 13.9. The molecule has 2 aliphatic rings. The van der Waals surface area contributed by atoms with Crippen LogP contribution in [0.2, 0.25) is 0 Å². The fraction of sp³-hybridized carbons (Fsp3) is 0.417. The van der Waals surface area contributed by atoms with Crippen molar-refractivity contribution >= 4 is 6.09 Å². The fourth-order valence-corrected chi connectivity index (χ4v) is 2.14. The molecule has 0 aliphatic carbocycles. The Bertz CT molecular complexity index is 520. The highest BCUT2D eigenvalue weighted by atomic mass is 19.3. The van der Waals surface area contributed by atoms with E-state index in [1.54, 1.807) is 12.1 Å². The largest absolute Gasteiger partial charge is 0.486 e. The molecule has 3 rings (SSSR count). The Labute approximate surface area is 107 Å². The number of carbonyl (C=O) groups is 1. The third kappa shape index (κ3) is 2.05. The first-order valence-corrected chi connectivity index (χ1v) is 5.77. The van der Waals surface area contributed by atoms with Gasteiger partial charge in [0.15, 0.2) is 18.1 Å². The topological polar surface area (TPSA) is 56.8 Å². The molecule has 0 aromatic heterocycles. The maximum Gasteiger partial charge on any atom is 0.408 e. The number of alkyl carbamates (subject to hydrolysis) is 1. The van der Waals surface area contributed by atoms with Gasteiger partial charge in [-0.3, -0.25) is 0 Å². The van der Waals surface area contributed by atoms with Crippen LogP contribution < -0.4 is 14.8 Å². The van der Waals surface area contributed by atoms with E-state index in [4.69, 9.17) is 9.47 Å². The lowest BCUT2D eigenvalue weighted by atomic mass is 9.98. The summed E-state index contributed by atoms with van der Waals surface area (Å²) in [5.41, 5.74) is 0.193. The molecule has 0 spiro atoms. The van der Waals surface area contributed by atoms with Crippen LogP contribution in [0.4, 0.5) is 13.6 Å². The lowest BCUT2D eigenvalue weighted by Gasteiger charge is -2.33. The van der Waals surface area contributed by atoms with E-state index >= 15 is 0 Å². The van der Waals surface area contributed by atoms with E-state index in [1.807, 2.05) is 0 Å². The number of hydrogen-bond donors (Lipinski definition) is 1. The molecule has 0 bridgehead atoms. The molecule has 5 nitrogen and oxygen atoms in total. The number of carbonyl (C=O) groups excluding carboxylic acids is 1. The molecular weight excluding hydrogens is 260 g/mol. The van der Waals surface area contributed by atoms with Crippen LogP contribution in [-0.4, -0.2) is 31.8 Å². The molecule has 1 aromatic rings. The molecular formula is C12H11F2NO4. The molecule has 1 fully saturated rings. The second kappa shape index (κ2) is 4.25. The van der Waals surface area contributed by atoms with Crippen molar-refractivity contribution in [2.75, 3.05) is 19.8 Å². The number of nitrogens with one attached hydrogen (secondary N) is 1. The summed E-state index contributed by atoms with van der Waals surface area (Å²) in [6.45, 7) is -0.298. The van der Waals surface area contributed by atoms with Gasteiger partial charge in [-0.15, -0.1) is 0 Å². The molecule has 1 atom stereocenters. The van der Waals surface area contributed by atoms with Crippen LogP contribution in [-0.2, 0) is 4.74 Å². The molecule has 2 aliphatic heterocycles. The minimum absolute atomic E-state index is 0.193. The van der Waals surface area contributed by atoms with Crippen molar-refractivity contribution < 1.29 is 27.8 Å². The number of hydrogen-bond acceptors (Lipinski definition) is 4. The maximum absolute atomic E-state index is 13.9. The Kier molecular flexibility index (Phi) is 2.69. The Hall–Kier alpha value is -2.05. The fourth-order valence-electron chi connectivity index (χ4n) is 2.14. The number of amides is 1. The Morgan fingerprint density at radius 1 is 1.21 bits per heavy atom. The lowest BCUT2D eigenvalue weighted by Crippen LogP contribution is -2.49. The lowest BCUT2D eigenvalue weighted by molar-refractivity contribution is -0.104.